The van der Waals surface area contributed by atoms with Crippen LogP contribution in [-0.2, 0) is 0 Å². The third-order valence-corrected chi connectivity index (χ3v) is 3.48. The predicted octanol–water partition coefficient (Wildman–Crippen LogP) is 4.44. The first-order chi connectivity index (χ1) is 10.1. The quantitative estimate of drug-likeness (QED) is 0.464. The molecule has 0 spiro atoms. The van der Waals surface area contributed by atoms with Crippen LogP contribution in [0.4, 0.5) is 11.4 Å². The van der Waals surface area contributed by atoms with E-state index in [1.807, 2.05) is 13.0 Å². The Balaban J connectivity index is 2.23. The SMILES string of the molecule is CCCCCCNc1cc(C)nc2ccc([N+](=O)[O-])cc12. The minimum Gasteiger partial charge on any atom is -0.384 e. The van der Waals surface area contributed by atoms with E-state index in [9.17, 15) is 10.1 Å². The van der Waals surface area contributed by atoms with Crippen molar-refractivity contribution in [1.29, 1.82) is 0 Å². The molecule has 1 aromatic heterocycles. The molecule has 112 valence electrons. The fourth-order valence-electron chi connectivity index (χ4n) is 2.38. The molecule has 0 unspecified atom stereocenters. The number of anilines is 1. The van der Waals surface area contributed by atoms with Gasteiger partial charge in [-0.1, -0.05) is 26.2 Å². The number of non-ortho nitro benzene ring substituents is 1. The van der Waals surface area contributed by atoms with Crippen LogP contribution in [0.25, 0.3) is 10.9 Å². The first-order valence-electron chi connectivity index (χ1n) is 7.41. The number of nitro groups is 1. The van der Waals surface area contributed by atoms with Gasteiger partial charge in [-0.2, -0.15) is 0 Å². The number of nitrogens with one attached hydrogen (secondary N) is 1. The van der Waals surface area contributed by atoms with Crippen LogP contribution in [0.3, 0.4) is 0 Å². The van der Waals surface area contributed by atoms with Crippen molar-refractivity contribution < 1.29 is 4.92 Å². The molecule has 0 amide bonds. The second-order valence-electron chi connectivity index (χ2n) is 5.26. The number of unbranched alkanes of at least 4 members (excludes halogenated alkanes) is 3. The van der Waals surface area contributed by atoms with Crippen molar-refractivity contribution in [3.63, 3.8) is 0 Å². The van der Waals surface area contributed by atoms with Crippen LogP contribution in [-0.4, -0.2) is 16.5 Å². The monoisotopic (exact) mass is 287 g/mol. The Bertz CT molecular complexity index is 641. The van der Waals surface area contributed by atoms with Gasteiger partial charge in [0.15, 0.2) is 0 Å². The molecule has 0 bridgehead atoms. The summed E-state index contributed by atoms with van der Waals surface area (Å²) < 4.78 is 0. The van der Waals surface area contributed by atoms with Gasteiger partial charge < -0.3 is 5.32 Å². The smallest absolute Gasteiger partial charge is 0.270 e. The lowest BCUT2D eigenvalue weighted by Crippen LogP contribution is -2.03. The third-order valence-electron chi connectivity index (χ3n) is 3.48. The lowest BCUT2D eigenvalue weighted by atomic mass is 10.1. The van der Waals surface area contributed by atoms with Gasteiger partial charge in [0.25, 0.3) is 5.69 Å². The number of aryl methyl sites for hydroxylation is 1. The van der Waals surface area contributed by atoms with Gasteiger partial charge in [0.1, 0.15) is 0 Å². The summed E-state index contributed by atoms with van der Waals surface area (Å²) >= 11 is 0. The maximum absolute atomic E-state index is 10.9. The highest BCUT2D eigenvalue weighted by atomic mass is 16.6. The molecule has 0 saturated heterocycles. The second-order valence-corrected chi connectivity index (χ2v) is 5.26. The molecule has 21 heavy (non-hydrogen) atoms. The zero-order valence-corrected chi connectivity index (χ0v) is 12.6. The molecular weight excluding hydrogens is 266 g/mol. The van der Waals surface area contributed by atoms with Crippen molar-refractivity contribution in [2.24, 2.45) is 0 Å². The molecule has 0 aliphatic rings. The van der Waals surface area contributed by atoms with Crippen molar-refractivity contribution in [1.82, 2.24) is 4.98 Å². The molecule has 0 fully saturated rings. The fourth-order valence-corrected chi connectivity index (χ4v) is 2.38. The molecule has 0 radical (unpaired) electrons. The summed E-state index contributed by atoms with van der Waals surface area (Å²) in [6, 6.07) is 6.75. The number of hydrogen-bond acceptors (Lipinski definition) is 4. The summed E-state index contributed by atoms with van der Waals surface area (Å²) in [5, 5.41) is 15.1. The normalized spacial score (nSPS) is 10.8. The maximum atomic E-state index is 10.9. The van der Waals surface area contributed by atoms with Crippen molar-refractivity contribution in [2.45, 2.75) is 39.5 Å². The topological polar surface area (TPSA) is 68.1 Å². The summed E-state index contributed by atoms with van der Waals surface area (Å²) in [6.07, 6.45) is 4.75. The lowest BCUT2D eigenvalue weighted by Gasteiger charge is -2.10. The summed E-state index contributed by atoms with van der Waals surface area (Å²) in [6.45, 7) is 5.00. The van der Waals surface area contributed by atoms with E-state index in [2.05, 4.69) is 17.2 Å². The maximum Gasteiger partial charge on any atom is 0.270 e. The van der Waals surface area contributed by atoms with Gasteiger partial charge in [0.2, 0.25) is 0 Å². The van der Waals surface area contributed by atoms with Gasteiger partial charge in [-0.3, -0.25) is 15.1 Å². The number of aromatic nitrogens is 1. The molecule has 1 N–H and O–H groups in total. The van der Waals surface area contributed by atoms with Crippen LogP contribution in [0.15, 0.2) is 24.3 Å². The van der Waals surface area contributed by atoms with Crippen LogP contribution in [0.1, 0.15) is 38.3 Å². The Kier molecular flexibility index (Phi) is 5.09. The van der Waals surface area contributed by atoms with Crippen molar-refractivity contribution in [3.8, 4) is 0 Å². The molecule has 0 aliphatic heterocycles. The number of benzene rings is 1. The third kappa shape index (κ3) is 3.90. The van der Waals surface area contributed by atoms with Crippen LogP contribution >= 0.6 is 0 Å². The Morgan fingerprint density at radius 2 is 2.05 bits per heavy atom. The average molecular weight is 287 g/mol. The first kappa shape index (κ1) is 15.2. The second kappa shape index (κ2) is 7.02. The van der Waals surface area contributed by atoms with Crippen molar-refractivity contribution >= 4 is 22.3 Å². The summed E-state index contributed by atoms with van der Waals surface area (Å²) in [5.74, 6) is 0. The molecule has 1 aromatic carbocycles. The van der Waals surface area contributed by atoms with Gasteiger partial charge in [-0.05, 0) is 25.5 Å². The number of rotatable bonds is 7. The Morgan fingerprint density at radius 1 is 1.24 bits per heavy atom. The zero-order chi connectivity index (χ0) is 15.2. The zero-order valence-electron chi connectivity index (χ0n) is 12.6. The van der Waals surface area contributed by atoms with Crippen molar-refractivity contribution in [3.05, 3.63) is 40.1 Å². The molecule has 2 rings (SSSR count). The number of pyridine rings is 1. The van der Waals surface area contributed by atoms with E-state index in [4.69, 9.17) is 0 Å². The van der Waals surface area contributed by atoms with Crippen LogP contribution in [0, 0.1) is 17.0 Å². The average Bonchev–Trinajstić information content (AvgIpc) is 2.46. The largest absolute Gasteiger partial charge is 0.384 e. The molecule has 1 heterocycles. The molecule has 5 heteroatoms. The highest BCUT2D eigenvalue weighted by Gasteiger charge is 2.10. The highest BCUT2D eigenvalue weighted by molar-refractivity contribution is 5.93. The first-order valence-corrected chi connectivity index (χ1v) is 7.41. The summed E-state index contributed by atoms with van der Waals surface area (Å²) in [7, 11) is 0. The molecule has 2 aromatic rings. The predicted molar refractivity (Wildman–Crippen MR) is 85.8 cm³/mol. The van der Waals surface area contributed by atoms with Crippen LogP contribution in [0.5, 0.6) is 0 Å². The highest BCUT2D eigenvalue weighted by Crippen LogP contribution is 2.27. The van der Waals surface area contributed by atoms with E-state index in [0.29, 0.717) is 0 Å². The standard InChI is InChI=1S/C16H21N3O2/c1-3-4-5-6-9-17-16-10-12(2)18-15-8-7-13(19(20)21)11-14(15)16/h7-8,10-11H,3-6,9H2,1-2H3,(H,17,18). The van der Waals surface area contributed by atoms with Gasteiger partial charge in [0, 0.05) is 35.4 Å². The Morgan fingerprint density at radius 3 is 2.76 bits per heavy atom. The summed E-state index contributed by atoms with van der Waals surface area (Å²) in [4.78, 5) is 15.0. The van der Waals surface area contributed by atoms with Gasteiger partial charge in [-0.25, -0.2) is 0 Å². The number of fused-ring (bicyclic) bond motifs is 1. The molecular formula is C16H21N3O2. The van der Waals surface area contributed by atoms with E-state index in [1.165, 1.54) is 25.3 Å². The van der Waals surface area contributed by atoms with E-state index in [0.717, 1.165) is 35.2 Å². The van der Waals surface area contributed by atoms with E-state index in [-0.39, 0.29) is 10.6 Å². The van der Waals surface area contributed by atoms with Gasteiger partial charge in [-0.15, -0.1) is 0 Å². The van der Waals surface area contributed by atoms with E-state index < -0.39 is 0 Å². The fraction of sp³-hybridized carbons (Fsp3) is 0.438. The lowest BCUT2D eigenvalue weighted by molar-refractivity contribution is -0.384. The Hall–Kier alpha value is -2.17. The van der Waals surface area contributed by atoms with Crippen LogP contribution in [0.2, 0.25) is 0 Å². The minimum absolute atomic E-state index is 0.0992. The van der Waals surface area contributed by atoms with Gasteiger partial charge >= 0.3 is 0 Å². The van der Waals surface area contributed by atoms with Crippen molar-refractivity contribution in [2.75, 3.05) is 11.9 Å². The molecule has 5 nitrogen and oxygen atoms in total. The number of nitro benzene ring substituents is 1. The van der Waals surface area contributed by atoms with Gasteiger partial charge in [0.05, 0.1) is 10.4 Å². The molecule has 0 atom stereocenters. The molecule has 0 saturated carbocycles. The Labute approximate surface area is 124 Å². The van der Waals surface area contributed by atoms with E-state index >= 15 is 0 Å². The van der Waals surface area contributed by atoms with Crippen LogP contribution < -0.4 is 5.32 Å². The molecule has 0 aliphatic carbocycles. The number of hydrogen-bond donors (Lipinski definition) is 1. The number of nitrogens with zero attached hydrogens (tertiary/aromatic N) is 2. The summed E-state index contributed by atoms with van der Waals surface area (Å²) in [5.41, 5.74) is 2.73. The van der Waals surface area contributed by atoms with E-state index in [1.54, 1.807) is 12.1 Å². The minimum atomic E-state index is -0.371.